The molecule has 4 rings (SSSR count). The molecule has 1 aliphatic rings. The van der Waals surface area contributed by atoms with Crippen LogP contribution in [-0.4, -0.2) is 41.0 Å². The van der Waals surface area contributed by atoms with Crippen LogP contribution in [0.3, 0.4) is 0 Å². The van der Waals surface area contributed by atoms with Crippen molar-refractivity contribution >= 4 is 11.8 Å². The maximum atomic E-state index is 14.9. The third kappa shape index (κ3) is 5.62. The lowest BCUT2D eigenvalue weighted by molar-refractivity contribution is -0.126. The van der Waals surface area contributed by atoms with Crippen LogP contribution in [-0.2, 0) is 16.1 Å². The molecule has 7 heteroatoms. The normalized spacial score (nSPS) is 16.2. The van der Waals surface area contributed by atoms with E-state index in [0.29, 0.717) is 6.61 Å². The summed E-state index contributed by atoms with van der Waals surface area (Å²) in [6.45, 7) is 1.02. The Morgan fingerprint density at radius 3 is 2.52 bits per heavy atom. The smallest absolute Gasteiger partial charge is 0.273 e. The van der Waals surface area contributed by atoms with E-state index in [2.05, 4.69) is 10.3 Å². The van der Waals surface area contributed by atoms with Crippen LogP contribution in [0.15, 0.2) is 79.0 Å². The fourth-order valence-corrected chi connectivity index (χ4v) is 3.98. The number of ether oxygens (including phenoxy) is 1. The van der Waals surface area contributed by atoms with Crippen molar-refractivity contribution in [2.75, 3.05) is 13.2 Å². The Hall–Kier alpha value is -3.58. The molecular weight excluding hydrogens is 421 g/mol. The molecule has 0 spiro atoms. The number of rotatable bonds is 8. The lowest BCUT2D eigenvalue weighted by Gasteiger charge is -2.33. The molecule has 170 valence electrons. The van der Waals surface area contributed by atoms with E-state index in [1.54, 1.807) is 30.3 Å². The molecule has 3 aromatic rings. The SMILES string of the molecule is O=C(NCc1ccccc1)[C@@H](c1ccccc1F)N(C[C@H]1CCCO1)C(=O)c1ccccn1. The van der Waals surface area contributed by atoms with Crippen molar-refractivity contribution in [3.8, 4) is 0 Å². The zero-order chi connectivity index (χ0) is 23.0. The molecule has 0 saturated carbocycles. The van der Waals surface area contributed by atoms with Crippen molar-refractivity contribution in [2.45, 2.75) is 31.5 Å². The first-order valence-corrected chi connectivity index (χ1v) is 11.0. The van der Waals surface area contributed by atoms with Gasteiger partial charge in [0.1, 0.15) is 17.6 Å². The highest BCUT2D eigenvalue weighted by Crippen LogP contribution is 2.28. The Morgan fingerprint density at radius 1 is 1.06 bits per heavy atom. The number of hydrogen-bond donors (Lipinski definition) is 1. The standard InChI is InChI=1S/C26H26FN3O3/c27-22-13-5-4-12-21(22)24(25(31)29-17-19-9-2-1-3-10-19)30(18-20-11-8-16-33-20)26(32)23-14-6-7-15-28-23/h1-7,9-10,12-15,20,24H,8,11,16-18H2,(H,29,31)/t20-,24-/m1/s1. The van der Waals surface area contributed by atoms with Crippen LogP contribution in [0.25, 0.3) is 0 Å². The van der Waals surface area contributed by atoms with Gasteiger partial charge in [-0.2, -0.15) is 0 Å². The van der Waals surface area contributed by atoms with E-state index in [9.17, 15) is 14.0 Å². The van der Waals surface area contributed by atoms with Gasteiger partial charge in [0.25, 0.3) is 5.91 Å². The molecule has 1 N–H and O–H groups in total. The summed E-state index contributed by atoms with van der Waals surface area (Å²) < 4.78 is 20.7. The maximum absolute atomic E-state index is 14.9. The molecule has 1 fully saturated rings. The molecule has 0 bridgehead atoms. The first-order valence-electron chi connectivity index (χ1n) is 11.0. The molecule has 2 atom stereocenters. The van der Waals surface area contributed by atoms with Gasteiger partial charge in [0.2, 0.25) is 5.91 Å². The van der Waals surface area contributed by atoms with E-state index < -0.39 is 23.7 Å². The molecule has 2 amide bonds. The Kier molecular flexibility index (Phi) is 7.42. The van der Waals surface area contributed by atoms with E-state index in [0.717, 1.165) is 18.4 Å². The quantitative estimate of drug-likeness (QED) is 0.569. The largest absolute Gasteiger partial charge is 0.376 e. The highest BCUT2D eigenvalue weighted by atomic mass is 19.1. The third-order valence-corrected chi connectivity index (χ3v) is 5.64. The summed E-state index contributed by atoms with van der Waals surface area (Å²) in [5.74, 6) is -1.47. The topological polar surface area (TPSA) is 71.5 Å². The van der Waals surface area contributed by atoms with Crippen LogP contribution < -0.4 is 5.32 Å². The van der Waals surface area contributed by atoms with Crippen LogP contribution in [0.2, 0.25) is 0 Å². The minimum Gasteiger partial charge on any atom is -0.376 e. The van der Waals surface area contributed by atoms with Gasteiger partial charge in [-0.15, -0.1) is 0 Å². The third-order valence-electron chi connectivity index (χ3n) is 5.64. The molecule has 0 aliphatic carbocycles. The van der Waals surface area contributed by atoms with Crippen molar-refractivity contribution in [2.24, 2.45) is 0 Å². The second-order valence-electron chi connectivity index (χ2n) is 7.93. The molecule has 2 heterocycles. The minimum atomic E-state index is -1.17. The predicted molar refractivity (Wildman–Crippen MR) is 122 cm³/mol. The van der Waals surface area contributed by atoms with Crippen LogP contribution in [0.4, 0.5) is 4.39 Å². The maximum Gasteiger partial charge on any atom is 0.273 e. The summed E-state index contributed by atoms with van der Waals surface area (Å²) in [7, 11) is 0. The second kappa shape index (κ2) is 10.8. The Balaban J connectivity index is 1.69. The first kappa shape index (κ1) is 22.6. The molecule has 0 unspecified atom stereocenters. The summed E-state index contributed by atoms with van der Waals surface area (Å²) in [6, 6.07) is 19.3. The zero-order valence-corrected chi connectivity index (χ0v) is 18.2. The van der Waals surface area contributed by atoms with Gasteiger partial charge in [-0.25, -0.2) is 4.39 Å². The number of carbonyl (C=O) groups excluding carboxylic acids is 2. The summed E-state index contributed by atoms with van der Waals surface area (Å²) in [5.41, 5.74) is 1.22. The fourth-order valence-electron chi connectivity index (χ4n) is 3.98. The molecule has 0 radical (unpaired) electrons. The van der Waals surface area contributed by atoms with E-state index in [-0.39, 0.29) is 30.5 Å². The first-order chi connectivity index (χ1) is 16.1. The van der Waals surface area contributed by atoms with Gasteiger partial charge >= 0.3 is 0 Å². The molecular formula is C26H26FN3O3. The summed E-state index contributed by atoms with van der Waals surface area (Å²) >= 11 is 0. The van der Waals surface area contributed by atoms with Gasteiger partial charge in [-0.1, -0.05) is 54.6 Å². The number of carbonyl (C=O) groups is 2. The summed E-state index contributed by atoms with van der Waals surface area (Å²) in [4.78, 5) is 32.6. The van der Waals surface area contributed by atoms with Gasteiger partial charge in [0.05, 0.1) is 6.10 Å². The minimum absolute atomic E-state index is 0.130. The highest BCUT2D eigenvalue weighted by molar-refractivity contribution is 5.96. The monoisotopic (exact) mass is 447 g/mol. The molecule has 2 aromatic carbocycles. The molecule has 6 nitrogen and oxygen atoms in total. The number of nitrogens with zero attached hydrogens (tertiary/aromatic N) is 2. The van der Waals surface area contributed by atoms with Gasteiger partial charge in [0.15, 0.2) is 0 Å². The summed E-state index contributed by atoms with van der Waals surface area (Å²) in [5, 5.41) is 2.88. The second-order valence-corrected chi connectivity index (χ2v) is 7.93. The van der Waals surface area contributed by atoms with Crippen molar-refractivity contribution in [1.29, 1.82) is 0 Å². The molecule has 1 aliphatic heterocycles. The average molecular weight is 448 g/mol. The number of amides is 2. The van der Waals surface area contributed by atoms with Crippen molar-refractivity contribution in [3.63, 3.8) is 0 Å². The number of nitrogens with one attached hydrogen (secondary N) is 1. The highest BCUT2D eigenvalue weighted by Gasteiger charge is 2.36. The van der Waals surface area contributed by atoms with Crippen molar-refractivity contribution in [3.05, 3.63) is 102 Å². The number of pyridine rings is 1. The lowest BCUT2D eigenvalue weighted by Crippen LogP contribution is -2.47. The van der Waals surface area contributed by atoms with Crippen molar-refractivity contribution in [1.82, 2.24) is 15.2 Å². The average Bonchev–Trinajstić information content (AvgIpc) is 3.37. The number of halogens is 1. The van der Waals surface area contributed by atoms with Crippen LogP contribution >= 0.6 is 0 Å². The number of hydrogen-bond acceptors (Lipinski definition) is 4. The Morgan fingerprint density at radius 2 is 1.82 bits per heavy atom. The fraction of sp³-hybridized carbons (Fsp3) is 0.269. The number of benzene rings is 2. The van der Waals surface area contributed by atoms with Gasteiger partial charge in [-0.3, -0.25) is 14.6 Å². The summed E-state index contributed by atoms with van der Waals surface area (Å²) in [6.07, 6.45) is 2.93. The molecule has 1 saturated heterocycles. The van der Waals surface area contributed by atoms with Gasteiger partial charge < -0.3 is 15.0 Å². The number of aromatic nitrogens is 1. The zero-order valence-electron chi connectivity index (χ0n) is 18.2. The lowest BCUT2D eigenvalue weighted by atomic mass is 10.0. The Bertz CT molecular complexity index is 1070. The van der Waals surface area contributed by atoms with Gasteiger partial charge in [0, 0.05) is 31.5 Å². The molecule has 1 aromatic heterocycles. The van der Waals surface area contributed by atoms with E-state index in [4.69, 9.17) is 4.74 Å². The van der Waals surface area contributed by atoms with Crippen LogP contribution in [0.1, 0.15) is 40.5 Å². The van der Waals surface area contributed by atoms with Gasteiger partial charge in [-0.05, 0) is 36.6 Å². The molecule has 33 heavy (non-hydrogen) atoms. The predicted octanol–water partition coefficient (Wildman–Crippen LogP) is 3.90. The Labute approximate surface area is 192 Å². The van der Waals surface area contributed by atoms with E-state index >= 15 is 0 Å². The van der Waals surface area contributed by atoms with E-state index in [1.807, 2.05) is 30.3 Å². The van der Waals surface area contributed by atoms with Crippen LogP contribution in [0, 0.1) is 5.82 Å². The van der Waals surface area contributed by atoms with Crippen LogP contribution in [0.5, 0.6) is 0 Å². The van der Waals surface area contributed by atoms with E-state index in [1.165, 1.54) is 23.2 Å². The van der Waals surface area contributed by atoms with Crippen molar-refractivity contribution < 1.29 is 18.7 Å².